The van der Waals surface area contributed by atoms with Gasteiger partial charge in [0, 0.05) is 30.4 Å². The minimum atomic E-state index is 0.126. The number of likely N-dealkylation sites (tertiary alicyclic amines) is 1. The van der Waals surface area contributed by atoms with Crippen LogP contribution in [0.5, 0.6) is 0 Å². The summed E-state index contributed by atoms with van der Waals surface area (Å²) in [5.74, 6) is 0.126. The van der Waals surface area contributed by atoms with Crippen molar-refractivity contribution in [1.29, 1.82) is 0 Å². The lowest BCUT2D eigenvalue weighted by Crippen LogP contribution is -2.38. The molecule has 1 aromatic rings. The summed E-state index contributed by atoms with van der Waals surface area (Å²) in [5, 5.41) is 8.21. The SMILES string of the molecule is C=CCn1nc(C(=O)N2CCCCC2)c2c1CCC(NCC)C2. The summed E-state index contributed by atoms with van der Waals surface area (Å²) in [4.78, 5) is 14.9. The molecule has 1 unspecified atom stereocenters. The van der Waals surface area contributed by atoms with Gasteiger partial charge in [0.15, 0.2) is 5.69 Å². The number of aromatic nitrogens is 2. The van der Waals surface area contributed by atoms with E-state index in [0.29, 0.717) is 18.3 Å². The van der Waals surface area contributed by atoms with Crippen molar-refractivity contribution in [3.63, 3.8) is 0 Å². The molecule has 0 radical (unpaired) electrons. The standard InChI is InChI=1S/C18H28N4O/c1-3-10-22-16-9-8-14(19-4-2)13-15(16)17(20-22)18(23)21-11-6-5-7-12-21/h3,14,19H,1,4-13H2,2H3. The third-order valence-corrected chi connectivity index (χ3v) is 4.99. The minimum absolute atomic E-state index is 0.126. The fourth-order valence-electron chi connectivity index (χ4n) is 3.84. The first kappa shape index (κ1) is 16.2. The van der Waals surface area contributed by atoms with Crippen LogP contribution in [0.4, 0.5) is 0 Å². The average Bonchev–Trinajstić information content (AvgIpc) is 2.94. The van der Waals surface area contributed by atoms with E-state index in [2.05, 4.69) is 23.9 Å². The molecule has 1 fully saturated rings. The molecule has 23 heavy (non-hydrogen) atoms. The molecule has 3 rings (SSSR count). The Kier molecular flexibility index (Phi) is 5.16. The number of amides is 1. The zero-order valence-corrected chi connectivity index (χ0v) is 14.2. The molecule has 1 saturated heterocycles. The third kappa shape index (κ3) is 3.34. The van der Waals surface area contributed by atoms with E-state index < -0.39 is 0 Å². The van der Waals surface area contributed by atoms with Crippen LogP contribution in [0.1, 0.15) is 54.4 Å². The second-order valence-electron chi connectivity index (χ2n) is 6.59. The molecule has 1 aromatic heterocycles. The molecule has 1 atom stereocenters. The van der Waals surface area contributed by atoms with Crippen LogP contribution in [0.2, 0.25) is 0 Å². The van der Waals surface area contributed by atoms with Gasteiger partial charge in [-0.1, -0.05) is 13.0 Å². The lowest BCUT2D eigenvalue weighted by molar-refractivity contribution is 0.0716. The van der Waals surface area contributed by atoms with E-state index >= 15 is 0 Å². The first-order valence-corrected chi connectivity index (χ1v) is 8.96. The van der Waals surface area contributed by atoms with Gasteiger partial charge in [0.2, 0.25) is 0 Å². The molecule has 2 aliphatic rings. The molecule has 1 amide bonds. The third-order valence-electron chi connectivity index (χ3n) is 4.99. The number of piperidine rings is 1. The van der Waals surface area contributed by atoms with Crippen molar-refractivity contribution in [2.24, 2.45) is 0 Å². The number of fused-ring (bicyclic) bond motifs is 1. The number of carbonyl (C=O) groups excluding carboxylic acids is 1. The summed E-state index contributed by atoms with van der Waals surface area (Å²) in [6.07, 6.45) is 8.33. The number of hydrogen-bond acceptors (Lipinski definition) is 3. The zero-order chi connectivity index (χ0) is 16.2. The summed E-state index contributed by atoms with van der Waals surface area (Å²) >= 11 is 0. The van der Waals surface area contributed by atoms with Crippen molar-refractivity contribution >= 4 is 5.91 Å². The van der Waals surface area contributed by atoms with Crippen molar-refractivity contribution < 1.29 is 4.79 Å². The van der Waals surface area contributed by atoms with Crippen LogP contribution in [0.15, 0.2) is 12.7 Å². The first-order valence-electron chi connectivity index (χ1n) is 8.96. The predicted octanol–water partition coefficient (Wildman–Crippen LogP) is 2.16. The second-order valence-corrected chi connectivity index (χ2v) is 6.59. The Morgan fingerprint density at radius 2 is 2.17 bits per heavy atom. The molecule has 0 aromatic carbocycles. The number of rotatable bonds is 5. The summed E-state index contributed by atoms with van der Waals surface area (Å²) in [5.41, 5.74) is 3.09. The highest BCUT2D eigenvalue weighted by molar-refractivity contribution is 5.94. The van der Waals surface area contributed by atoms with Gasteiger partial charge in [-0.3, -0.25) is 9.48 Å². The molecule has 1 N–H and O–H groups in total. The molecule has 2 heterocycles. The van der Waals surface area contributed by atoms with Gasteiger partial charge in [-0.2, -0.15) is 5.10 Å². The van der Waals surface area contributed by atoms with Gasteiger partial charge in [-0.25, -0.2) is 0 Å². The number of hydrogen-bond donors (Lipinski definition) is 1. The fourth-order valence-corrected chi connectivity index (χ4v) is 3.84. The topological polar surface area (TPSA) is 50.2 Å². The van der Waals surface area contributed by atoms with Crippen molar-refractivity contribution in [3.8, 4) is 0 Å². The van der Waals surface area contributed by atoms with Gasteiger partial charge < -0.3 is 10.2 Å². The maximum absolute atomic E-state index is 13.0. The average molecular weight is 316 g/mol. The highest BCUT2D eigenvalue weighted by atomic mass is 16.2. The van der Waals surface area contributed by atoms with Crippen molar-refractivity contribution in [2.75, 3.05) is 19.6 Å². The smallest absolute Gasteiger partial charge is 0.274 e. The fraction of sp³-hybridized carbons (Fsp3) is 0.667. The Balaban J connectivity index is 1.89. The molecule has 5 nitrogen and oxygen atoms in total. The van der Waals surface area contributed by atoms with E-state index in [0.717, 1.165) is 51.7 Å². The van der Waals surface area contributed by atoms with Crippen LogP contribution < -0.4 is 5.32 Å². The molecular weight excluding hydrogens is 288 g/mol. The van der Waals surface area contributed by atoms with Crippen LogP contribution in [-0.4, -0.2) is 46.3 Å². The van der Waals surface area contributed by atoms with Crippen molar-refractivity contribution in [3.05, 3.63) is 29.6 Å². The highest BCUT2D eigenvalue weighted by Gasteiger charge is 2.31. The largest absolute Gasteiger partial charge is 0.337 e. The number of allylic oxidation sites excluding steroid dienone is 1. The Labute approximate surface area is 138 Å². The van der Waals surface area contributed by atoms with Gasteiger partial charge in [0.1, 0.15) is 0 Å². The Morgan fingerprint density at radius 1 is 1.39 bits per heavy atom. The summed E-state index contributed by atoms with van der Waals surface area (Å²) in [6, 6.07) is 0.460. The molecule has 5 heteroatoms. The number of nitrogens with zero attached hydrogens (tertiary/aromatic N) is 3. The van der Waals surface area contributed by atoms with Gasteiger partial charge >= 0.3 is 0 Å². The van der Waals surface area contributed by atoms with E-state index in [9.17, 15) is 4.79 Å². The van der Waals surface area contributed by atoms with Gasteiger partial charge in [-0.05, 0) is 45.1 Å². The maximum atomic E-state index is 13.0. The predicted molar refractivity (Wildman–Crippen MR) is 91.7 cm³/mol. The van der Waals surface area contributed by atoms with E-state index in [1.165, 1.54) is 17.7 Å². The van der Waals surface area contributed by atoms with Crippen LogP contribution in [-0.2, 0) is 19.4 Å². The number of nitrogens with one attached hydrogen (secondary N) is 1. The van der Waals surface area contributed by atoms with Crippen molar-refractivity contribution in [2.45, 2.75) is 58.0 Å². The number of likely N-dealkylation sites (N-methyl/N-ethyl adjacent to an activating group) is 1. The summed E-state index contributed by atoms with van der Waals surface area (Å²) in [7, 11) is 0. The van der Waals surface area contributed by atoms with Crippen LogP contribution in [0.3, 0.4) is 0 Å². The quantitative estimate of drug-likeness (QED) is 0.847. The van der Waals surface area contributed by atoms with Crippen LogP contribution >= 0.6 is 0 Å². The lowest BCUT2D eigenvalue weighted by atomic mass is 9.91. The van der Waals surface area contributed by atoms with Crippen LogP contribution in [0, 0.1) is 0 Å². The summed E-state index contributed by atoms with van der Waals surface area (Å²) in [6.45, 7) is 9.36. The zero-order valence-electron chi connectivity index (χ0n) is 14.2. The van der Waals surface area contributed by atoms with E-state index in [4.69, 9.17) is 0 Å². The maximum Gasteiger partial charge on any atom is 0.274 e. The Hall–Kier alpha value is -1.62. The molecule has 126 valence electrons. The van der Waals surface area contributed by atoms with Crippen LogP contribution in [0.25, 0.3) is 0 Å². The molecular formula is C18H28N4O. The van der Waals surface area contributed by atoms with Gasteiger partial charge in [0.05, 0.1) is 6.54 Å². The molecule has 0 spiro atoms. The lowest BCUT2D eigenvalue weighted by Gasteiger charge is -2.27. The van der Waals surface area contributed by atoms with E-state index in [1.54, 1.807) is 0 Å². The molecule has 0 bridgehead atoms. The number of carbonyl (C=O) groups is 1. The second kappa shape index (κ2) is 7.30. The highest BCUT2D eigenvalue weighted by Crippen LogP contribution is 2.26. The minimum Gasteiger partial charge on any atom is -0.337 e. The normalized spacial score (nSPS) is 21.1. The molecule has 1 aliphatic heterocycles. The van der Waals surface area contributed by atoms with E-state index in [-0.39, 0.29) is 5.91 Å². The van der Waals surface area contributed by atoms with Crippen molar-refractivity contribution in [1.82, 2.24) is 20.0 Å². The van der Waals surface area contributed by atoms with Gasteiger partial charge in [-0.15, -0.1) is 6.58 Å². The summed E-state index contributed by atoms with van der Waals surface area (Å²) < 4.78 is 1.99. The molecule has 0 saturated carbocycles. The Morgan fingerprint density at radius 3 is 2.87 bits per heavy atom. The first-order chi connectivity index (χ1) is 11.2. The van der Waals surface area contributed by atoms with E-state index in [1.807, 2.05) is 15.7 Å². The monoisotopic (exact) mass is 316 g/mol. The molecule has 1 aliphatic carbocycles. The van der Waals surface area contributed by atoms with Gasteiger partial charge in [0.25, 0.3) is 5.91 Å². The Bertz CT molecular complexity index is 572.